The summed E-state index contributed by atoms with van der Waals surface area (Å²) >= 11 is 0. The molecule has 2 aromatic carbocycles. The van der Waals surface area contributed by atoms with E-state index in [1.165, 1.54) is 37.9 Å². The Bertz CT molecular complexity index is 897. The average Bonchev–Trinajstić information content (AvgIpc) is 3.23. The van der Waals surface area contributed by atoms with Crippen LogP contribution in [0.3, 0.4) is 0 Å². The quantitative estimate of drug-likeness (QED) is 0.704. The van der Waals surface area contributed by atoms with Crippen molar-refractivity contribution in [3.05, 3.63) is 83.9 Å². The van der Waals surface area contributed by atoms with Gasteiger partial charge >= 0.3 is 0 Å². The average molecular weight is 374 g/mol. The number of anilines is 1. The lowest BCUT2D eigenvalue weighted by Gasteiger charge is -2.26. The largest absolute Gasteiger partial charge is 0.333 e. The van der Waals surface area contributed by atoms with Crippen molar-refractivity contribution in [3.8, 4) is 0 Å². The lowest BCUT2D eigenvalue weighted by molar-refractivity contribution is 0.102. The number of piperidine rings is 1. The van der Waals surface area contributed by atoms with Gasteiger partial charge in [-0.1, -0.05) is 30.7 Å². The van der Waals surface area contributed by atoms with Gasteiger partial charge in [0.25, 0.3) is 5.91 Å². The van der Waals surface area contributed by atoms with Crippen molar-refractivity contribution in [2.24, 2.45) is 0 Å². The summed E-state index contributed by atoms with van der Waals surface area (Å²) in [7, 11) is 0. The SMILES string of the molecule is O=C(Nc1ccc(CN2CCCCC2)cc1)c1cccc(Cn2ccnc2)c1. The van der Waals surface area contributed by atoms with Crippen LogP contribution >= 0.6 is 0 Å². The number of nitrogens with zero attached hydrogens (tertiary/aromatic N) is 3. The second-order valence-corrected chi connectivity index (χ2v) is 7.42. The highest BCUT2D eigenvalue weighted by Gasteiger charge is 2.11. The summed E-state index contributed by atoms with van der Waals surface area (Å²) < 4.78 is 1.98. The maximum atomic E-state index is 12.6. The van der Waals surface area contributed by atoms with Crippen LogP contribution in [-0.4, -0.2) is 33.4 Å². The van der Waals surface area contributed by atoms with Gasteiger partial charge in [-0.3, -0.25) is 9.69 Å². The summed E-state index contributed by atoms with van der Waals surface area (Å²) in [6, 6.07) is 15.9. The first-order valence-electron chi connectivity index (χ1n) is 9.94. The molecule has 0 radical (unpaired) electrons. The number of amides is 1. The van der Waals surface area contributed by atoms with E-state index in [-0.39, 0.29) is 5.91 Å². The van der Waals surface area contributed by atoms with Gasteiger partial charge < -0.3 is 9.88 Å². The Labute approximate surface area is 166 Å². The van der Waals surface area contributed by atoms with E-state index in [0.717, 1.165) is 17.8 Å². The van der Waals surface area contributed by atoms with E-state index in [1.54, 1.807) is 12.5 Å². The fraction of sp³-hybridized carbons (Fsp3) is 0.304. The number of carbonyl (C=O) groups is 1. The molecule has 5 heteroatoms. The summed E-state index contributed by atoms with van der Waals surface area (Å²) in [4.78, 5) is 19.2. The van der Waals surface area contributed by atoms with Crippen molar-refractivity contribution >= 4 is 11.6 Å². The van der Waals surface area contributed by atoms with E-state index in [0.29, 0.717) is 12.1 Å². The minimum absolute atomic E-state index is 0.0868. The van der Waals surface area contributed by atoms with Crippen molar-refractivity contribution in [2.45, 2.75) is 32.4 Å². The van der Waals surface area contributed by atoms with E-state index in [2.05, 4.69) is 27.3 Å². The van der Waals surface area contributed by atoms with Crippen LogP contribution < -0.4 is 5.32 Å². The van der Waals surface area contributed by atoms with Crippen molar-refractivity contribution in [3.63, 3.8) is 0 Å². The molecule has 1 aromatic heterocycles. The summed E-state index contributed by atoms with van der Waals surface area (Å²) in [5.74, 6) is -0.0868. The molecule has 0 spiro atoms. The predicted molar refractivity (Wildman–Crippen MR) is 111 cm³/mol. The van der Waals surface area contributed by atoms with Crippen LogP contribution in [0.15, 0.2) is 67.3 Å². The Hall–Kier alpha value is -2.92. The first-order chi connectivity index (χ1) is 13.8. The zero-order chi connectivity index (χ0) is 19.2. The number of aromatic nitrogens is 2. The number of benzene rings is 2. The molecule has 1 fully saturated rings. The molecule has 0 atom stereocenters. The third-order valence-corrected chi connectivity index (χ3v) is 5.18. The first-order valence-corrected chi connectivity index (χ1v) is 9.94. The van der Waals surface area contributed by atoms with E-state index < -0.39 is 0 Å². The second-order valence-electron chi connectivity index (χ2n) is 7.42. The second kappa shape index (κ2) is 8.85. The van der Waals surface area contributed by atoms with Gasteiger partial charge in [0.15, 0.2) is 0 Å². The van der Waals surface area contributed by atoms with Crippen LogP contribution in [0.2, 0.25) is 0 Å². The van der Waals surface area contributed by atoms with Gasteiger partial charge in [-0.15, -0.1) is 0 Å². The van der Waals surface area contributed by atoms with Crippen LogP contribution in [0.1, 0.15) is 40.7 Å². The highest BCUT2D eigenvalue weighted by molar-refractivity contribution is 6.04. The molecule has 1 aliphatic heterocycles. The fourth-order valence-electron chi connectivity index (χ4n) is 3.67. The third kappa shape index (κ3) is 4.87. The number of carbonyl (C=O) groups excluding carboxylic acids is 1. The zero-order valence-electron chi connectivity index (χ0n) is 16.1. The molecule has 0 bridgehead atoms. The Morgan fingerprint density at radius 1 is 0.964 bits per heavy atom. The maximum absolute atomic E-state index is 12.6. The first kappa shape index (κ1) is 18.4. The highest BCUT2D eigenvalue weighted by atomic mass is 16.1. The van der Waals surface area contributed by atoms with Gasteiger partial charge in [-0.25, -0.2) is 4.98 Å². The predicted octanol–water partition coefficient (Wildman–Crippen LogP) is 4.17. The van der Waals surface area contributed by atoms with Gasteiger partial charge in [0.2, 0.25) is 0 Å². The standard InChI is InChI=1S/C23H26N4O/c28-23(21-6-4-5-20(15-21)17-27-14-11-24-18-27)25-22-9-7-19(8-10-22)16-26-12-2-1-3-13-26/h4-11,14-15,18H,1-3,12-13,16-17H2,(H,25,28). The van der Waals surface area contributed by atoms with Crippen LogP contribution in [0.4, 0.5) is 5.69 Å². The minimum Gasteiger partial charge on any atom is -0.333 e. The number of hydrogen-bond acceptors (Lipinski definition) is 3. The van der Waals surface area contributed by atoms with Crippen LogP contribution in [0, 0.1) is 0 Å². The van der Waals surface area contributed by atoms with E-state index in [9.17, 15) is 4.79 Å². The highest BCUT2D eigenvalue weighted by Crippen LogP contribution is 2.16. The molecule has 0 saturated carbocycles. The van der Waals surface area contributed by atoms with Crippen molar-refractivity contribution in [1.29, 1.82) is 0 Å². The number of rotatable bonds is 6. The van der Waals surface area contributed by atoms with Gasteiger partial charge in [-0.2, -0.15) is 0 Å². The molecule has 144 valence electrons. The van der Waals surface area contributed by atoms with Crippen molar-refractivity contribution < 1.29 is 4.79 Å². The molecule has 1 amide bonds. The smallest absolute Gasteiger partial charge is 0.255 e. The van der Waals surface area contributed by atoms with Crippen LogP contribution in [-0.2, 0) is 13.1 Å². The topological polar surface area (TPSA) is 50.2 Å². The van der Waals surface area contributed by atoms with E-state index in [4.69, 9.17) is 0 Å². The normalized spacial score (nSPS) is 14.7. The maximum Gasteiger partial charge on any atom is 0.255 e. The summed E-state index contributed by atoms with van der Waals surface area (Å²) in [6.07, 6.45) is 9.40. The summed E-state index contributed by atoms with van der Waals surface area (Å²) in [5.41, 5.74) is 3.85. The number of hydrogen-bond donors (Lipinski definition) is 1. The Morgan fingerprint density at radius 3 is 2.54 bits per heavy atom. The van der Waals surface area contributed by atoms with Gasteiger partial charge in [0, 0.05) is 36.7 Å². The molecule has 3 aromatic rings. The molecule has 5 nitrogen and oxygen atoms in total. The van der Waals surface area contributed by atoms with E-state index >= 15 is 0 Å². The van der Waals surface area contributed by atoms with Gasteiger partial charge in [0.1, 0.15) is 0 Å². The van der Waals surface area contributed by atoms with Crippen molar-refractivity contribution in [2.75, 3.05) is 18.4 Å². The summed E-state index contributed by atoms with van der Waals surface area (Å²) in [5, 5.41) is 3.00. The van der Waals surface area contributed by atoms with Crippen LogP contribution in [0.5, 0.6) is 0 Å². The molecule has 1 N–H and O–H groups in total. The zero-order valence-corrected chi connectivity index (χ0v) is 16.1. The molecule has 0 unspecified atom stereocenters. The molecule has 0 aliphatic carbocycles. The Balaban J connectivity index is 1.36. The number of likely N-dealkylation sites (tertiary alicyclic amines) is 1. The molecular formula is C23H26N4O. The molecule has 1 aliphatic rings. The van der Waals surface area contributed by atoms with E-state index in [1.807, 2.05) is 47.2 Å². The Kier molecular flexibility index (Phi) is 5.83. The minimum atomic E-state index is -0.0868. The van der Waals surface area contributed by atoms with Gasteiger partial charge in [0.05, 0.1) is 6.33 Å². The third-order valence-electron chi connectivity index (χ3n) is 5.18. The fourth-order valence-corrected chi connectivity index (χ4v) is 3.67. The lowest BCUT2D eigenvalue weighted by atomic mass is 10.1. The molecular weight excluding hydrogens is 348 g/mol. The lowest BCUT2D eigenvalue weighted by Crippen LogP contribution is -2.29. The molecule has 1 saturated heterocycles. The van der Waals surface area contributed by atoms with Gasteiger partial charge in [-0.05, 0) is 61.3 Å². The van der Waals surface area contributed by atoms with Crippen LogP contribution in [0.25, 0.3) is 0 Å². The number of nitrogens with one attached hydrogen (secondary N) is 1. The molecule has 4 rings (SSSR count). The molecule has 28 heavy (non-hydrogen) atoms. The number of imidazole rings is 1. The molecule has 2 heterocycles. The monoisotopic (exact) mass is 374 g/mol. The summed E-state index contributed by atoms with van der Waals surface area (Å²) in [6.45, 7) is 4.07. The van der Waals surface area contributed by atoms with Crippen molar-refractivity contribution in [1.82, 2.24) is 14.5 Å². The Morgan fingerprint density at radius 2 is 1.79 bits per heavy atom.